The number of aliphatic imine (C=N–C) groups is 1. The number of hydrogen-bond acceptors (Lipinski definition) is 2. The van der Waals surface area contributed by atoms with Crippen molar-refractivity contribution in [2.45, 2.75) is 27.2 Å². The van der Waals surface area contributed by atoms with E-state index < -0.39 is 0 Å². The highest BCUT2D eigenvalue weighted by atomic mass is 15.2. The van der Waals surface area contributed by atoms with E-state index in [0.717, 1.165) is 18.8 Å². The number of nitrogens with zero attached hydrogens (tertiary/aromatic N) is 1. The lowest BCUT2D eigenvalue weighted by Gasteiger charge is -2.06. The van der Waals surface area contributed by atoms with Crippen molar-refractivity contribution in [3.8, 4) is 0 Å². The highest BCUT2D eigenvalue weighted by Crippen LogP contribution is 1.98. The number of nitrogens with two attached hydrogens (primary N) is 1. The van der Waals surface area contributed by atoms with Crippen LogP contribution in [0.15, 0.2) is 4.99 Å². The van der Waals surface area contributed by atoms with Gasteiger partial charge in [-0.1, -0.05) is 13.8 Å². The third kappa shape index (κ3) is 4.32. The van der Waals surface area contributed by atoms with Gasteiger partial charge in [0, 0.05) is 13.0 Å². The van der Waals surface area contributed by atoms with Crippen molar-refractivity contribution < 1.29 is 0 Å². The SMILES string of the molecule is CCN=C(CC(C)C)NN. The second-order valence-corrected chi connectivity index (χ2v) is 2.66. The van der Waals surface area contributed by atoms with Crippen molar-refractivity contribution in [2.75, 3.05) is 6.54 Å². The Morgan fingerprint density at radius 2 is 2.20 bits per heavy atom. The van der Waals surface area contributed by atoms with E-state index in [1.807, 2.05) is 6.92 Å². The normalized spacial score (nSPS) is 12.3. The molecule has 3 nitrogen and oxygen atoms in total. The van der Waals surface area contributed by atoms with E-state index in [1.165, 1.54) is 0 Å². The van der Waals surface area contributed by atoms with Crippen LogP contribution in [0.3, 0.4) is 0 Å². The number of amidine groups is 1. The molecule has 0 aliphatic carbocycles. The zero-order chi connectivity index (χ0) is 7.98. The van der Waals surface area contributed by atoms with Gasteiger partial charge in [-0.25, -0.2) is 5.84 Å². The maximum Gasteiger partial charge on any atom is 0.110 e. The van der Waals surface area contributed by atoms with Gasteiger partial charge in [0.25, 0.3) is 0 Å². The molecule has 0 aliphatic rings. The molecule has 0 unspecified atom stereocenters. The summed E-state index contributed by atoms with van der Waals surface area (Å²) in [4.78, 5) is 4.16. The van der Waals surface area contributed by atoms with Crippen LogP contribution in [0.2, 0.25) is 0 Å². The Kier molecular flexibility index (Phi) is 4.94. The van der Waals surface area contributed by atoms with Crippen molar-refractivity contribution in [2.24, 2.45) is 16.8 Å². The molecule has 10 heavy (non-hydrogen) atoms. The molecule has 0 aliphatic heterocycles. The standard InChI is InChI=1S/C7H17N3/c1-4-9-7(10-8)5-6(2)3/h6H,4-5,8H2,1-3H3,(H,9,10). The third-order valence-electron chi connectivity index (χ3n) is 1.12. The summed E-state index contributed by atoms with van der Waals surface area (Å²) in [5, 5.41) is 0. The highest BCUT2D eigenvalue weighted by molar-refractivity contribution is 5.81. The maximum atomic E-state index is 5.23. The third-order valence-corrected chi connectivity index (χ3v) is 1.12. The van der Waals surface area contributed by atoms with Crippen molar-refractivity contribution >= 4 is 5.84 Å². The molecule has 3 N–H and O–H groups in total. The van der Waals surface area contributed by atoms with Crippen LogP contribution in [-0.2, 0) is 0 Å². The largest absolute Gasteiger partial charge is 0.312 e. The van der Waals surface area contributed by atoms with Gasteiger partial charge in [-0.15, -0.1) is 0 Å². The first-order chi connectivity index (χ1) is 4.70. The Morgan fingerprint density at radius 1 is 1.60 bits per heavy atom. The van der Waals surface area contributed by atoms with E-state index in [9.17, 15) is 0 Å². The van der Waals surface area contributed by atoms with E-state index in [1.54, 1.807) is 0 Å². The molecule has 0 saturated carbocycles. The summed E-state index contributed by atoms with van der Waals surface area (Å²) >= 11 is 0. The van der Waals surface area contributed by atoms with Crippen LogP contribution in [-0.4, -0.2) is 12.4 Å². The molecular formula is C7H17N3. The molecule has 0 spiro atoms. The molecule has 60 valence electrons. The molecule has 0 aromatic carbocycles. The van der Waals surface area contributed by atoms with Crippen LogP contribution in [0.4, 0.5) is 0 Å². The monoisotopic (exact) mass is 143 g/mol. The topological polar surface area (TPSA) is 50.4 Å². The van der Waals surface area contributed by atoms with E-state index in [4.69, 9.17) is 5.84 Å². The highest BCUT2D eigenvalue weighted by Gasteiger charge is 1.98. The van der Waals surface area contributed by atoms with E-state index in [0.29, 0.717) is 5.92 Å². The Morgan fingerprint density at radius 3 is 2.50 bits per heavy atom. The lowest BCUT2D eigenvalue weighted by molar-refractivity contribution is 0.667. The summed E-state index contributed by atoms with van der Waals surface area (Å²) in [5.41, 5.74) is 2.58. The van der Waals surface area contributed by atoms with Crippen LogP contribution in [0.25, 0.3) is 0 Å². The Hall–Kier alpha value is -0.570. The maximum absolute atomic E-state index is 5.23. The number of nitrogens with one attached hydrogen (secondary N) is 1. The smallest absolute Gasteiger partial charge is 0.110 e. The van der Waals surface area contributed by atoms with Gasteiger partial charge in [-0.2, -0.15) is 0 Å². The summed E-state index contributed by atoms with van der Waals surface area (Å²) in [5.74, 6) is 6.74. The molecule has 0 atom stereocenters. The number of hydrogen-bond donors (Lipinski definition) is 2. The fourth-order valence-corrected chi connectivity index (χ4v) is 0.747. The van der Waals surface area contributed by atoms with Crippen molar-refractivity contribution in [3.63, 3.8) is 0 Å². The van der Waals surface area contributed by atoms with Crippen LogP contribution >= 0.6 is 0 Å². The molecule has 0 bridgehead atoms. The second kappa shape index (κ2) is 5.23. The number of rotatable bonds is 3. The molecule has 3 heteroatoms. The zero-order valence-electron chi connectivity index (χ0n) is 7.02. The van der Waals surface area contributed by atoms with E-state index >= 15 is 0 Å². The molecule has 0 heterocycles. The molecule has 0 fully saturated rings. The van der Waals surface area contributed by atoms with E-state index in [-0.39, 0.29) is 0 Å². The van der Waals surface area contributed by atoms with Gasteiger partial charge in [-0.3, -0.25) is 4.99 Å². The fraction of sp³-hybridized carbons (Fsp3) is 0.857. The summed E-state index contributed by atoms with van der Waals surface area (Å²) < 4.78 is 0. The molecule has 0 saturated heterocycles. The molecule has 0 radical (unpaired) electrons. The number of hydrazine groups is 1. The summed E-state index contributed by atoms with van der Waals surface area (Å²) in [6, 6.07) is 0. The van der Waals surface area contributed by atoms with Gasteiger partial charge in [0.2, 0.25) is 0 Å². The van der Waals surface area contributed by atoms with Gasteiger partial charge < -0.3 is 5.43 Å². The quantitative estimate of drug-likeness (QED) is 0.267. The molecular weight excluding hydrogens is 126 g/mol. The van der Waals surface area contributed by atoms with Gasteiger partial charge >= 0.3 is 0 Å². The molecule has 0 aromatic heterocycles. The van der Waals surface area contributed by atoms with Gasteiger partial charge in [0.15, 0.2) is 0 Å². The predicted molar refractivity (Wildman–Crippen MR) is 44.8 cm³/mol. The first kappa shape index (κ1) is 9.43. The lowest BCUT2D eigenvalue weighted by Crippen LogP contribution is -2.31. The minimum Gasteiger partial charge on any atom is -0.312 e. The average Bonchev–Trinajstić information content (AvgIpc) is 1.86. The Labute approximate surface area is 62.7 Å². The van der Waals surface area contributed by atoms with Crippen LogP contribution < -0.4 is 11.3 Å². The van der Waals surface area contributed by atoms with Crippen molar-refractivity contribution in [1.82, 2.24) is 5.43 Å². The zero-order valence-corrected chi connectivity index (χ0v) is 7.02. The second-order valence-electron chi connectivity index (χ2n) is 2.66. The Bertz CT molecular complexity index is 107. The van der Waals surface area contributed by atoms with Crippen LogP contribution in [0.1, 0.15) is 27.2 Å². The van der Waals surface area contributed by atoms with Crippen LogP contribution in [0, 0.1) is 5.92 Å². The Balaban J connectivity index is 3.71. The lowest BCUT2D eigenvalue weighted by atomic mass is 10.1. The predicted octanol–water partition coefficient (Wildman–Crippen LogP) is 0.914. The molecule has 0 aromatic rings. The summed E-state index contributed by atoms with van der Waals surface area (Å²) in [7, 11) is 0. The minimum absolute atomic E-state index is 0.612. The first-order valence-corrected chi connectivity index (χ1v) is 3.70. The van der Waals surface area contributed by atoms with Gasteiger partial charge in [0.1, 0.15) is 5.84 Å². The fourth-order valence-electron chi connectivity index (χ4n) is 0.747. The molecule has 0 amide bonds. The summed E-state index contributed by atoms with van der Waals surface area (Å²) in [6.45, 7) is 7.08. The van der Waals surface area contributed by atoms with Crippen molar-refractivity contribution in [1.29, 1.82) is 0 Å². The average molecular weight is 143 g/mol. The van der Waals surface area contributed by atoms with Crippen LogP contribution in [0.5, 0.6) is 0 Å². The first-order valence-electron chi connectivity index (χ1n) is 3.70. The van der Waals surface area contributed by atoms with E-state index in [2.05, 4.69) is 24.3 Å². The van der Waals surface area contributed by atoms with Crippen molar-refractivity contribution in [3.05, 3.63) is 0 Å². The van der Waals surface area contributed by atoms with Gasteiger partial charge in [0.05, 0.1) is 0 Å². The molecule has 0 rings (SSSR count). The minimum atomic E-state index is 0.612. The van der Waals surface area contributed by atoms with Gasteiger partial charge in [-0.05, 0) is 12.8 Å². The summed E-state index contributed by atoms with van der Waals surface area (Å²) in [6.07, 6.45) is 0.935.